The van der Waals surface area contributed by atoms with Crippen LogP contribution in [-0.2, 0) is 5.75 Å². The molecule has 3 nitrogen and oxygen atoms in total. The molecule has 0 spiro atoms. The number of nitrogens with one attached hydrogen (secondary N) is 2. The first-order chi connectivity index (χ1) is 13.2. The average molecular weight is 384 g/mol. The van der Waals surface area contributed by atoms with E-state index < -0.39 is 0 Å². The van der Waals surface area contributed by atoms with E-state index in [1.807, 2.05) is 23.9 Å². The van der Waals surface area contributed by atoms with Crippen LogP contribution in [0.25, 0.3) is 0 Å². The van der Waals surface area contributed by atoms with Gasteiger partial charge in [-0.2, -0.15) is 11.8 Å². The van der Waals surface area contributed by atoms with Crippen molar-refractivity contribution in [3.05, 3.63) is 58.9 Å². The molecule has 5 heteroatoms. The van der Waals surface area contributed by atoms with Crippen molar-refractivity contribution in [2.45, 2.75) is 37.1 Å². The van der Waals surface area contributed by atoms with Crippen LogP contribution in [0.4, 0.5) is 15.8 Å². The lowest BCUT2D eigenvalue weighted by Gasteiger charge is -2.33. The number of thioether (sulfide) groups is 1. The molecule has 5 rings (SSSR count). The van der Waals surface area contributed by atoms with E-state index >= 15 is 0 Å². The van der Waals surface area contributed by atoms with Crippen molar-refractivity contribution >= 4 is 23.1 Å². The number of benzene rings is 2. The third kappa shape index (κ3) is 3.11. The van der Waals surface area contributed by atoms with E-state index in [1.165, 1.54) is 53.4 Å². The van der Waals surface area contributed by atoms with Crippen molar-refractivity contribution in [3.8, 4) is 0 Å². The number of hydrogen-bond acceptors (Lipinski definition) is 4. The SMILES string of the molecule is CC(Nc1cc2c3c(c1)C1CNCC[C@@H]1N3CCSC2)c1ccc(F)cc1. The highest BCUT2D eigenvalue weighted by atomic mass is 32.2. The second-order valence-electron chi connectivity index (χ2n) is 7.90. The molecule has 2 aromatic carbocycles. The minimum absolute atomic E-state index is 0.145. The van der Waals surface area contributed by atoms with Crippen LogP contribution in [0.2, 0.25) is 0 Å². The Morgan fingerprint density at radius 3 is 2.96 bits per heavy atom. The molecule has 2 N–H and O–H groups in total. The van der Waals surface area contributed by atoms with E-state index in [2.05, 4.69) is 34.6 Å². The van der Waals surface area contributed by atoms with Gasteiger partial charge < -0.3 is 15.5 Å². The van der Waals surface area contributed by atoms with Crippen LogP contribution in [0.3, 0.4) is 0 Å². The highest BCUT2D eigenvalue weighted by molar-refractivity contribution is 7.98. The maximum atomic E-state index is 13.2. The molecule has 3 aliphatic heterocycles. The summed E-state index contributed by atoms with van der Waals surface area (Å²) < 4.78 is 13.2. The summed E-state index contributed by atoms with van der Waals surface area (Å²) in [7, 11) is 0. The van der Waals surface area contributed by atoms with Gasteiger partial charge in [-0.15, -0.1) is 0 Å². The molecule has 3 aliphatic rings. The quantitative estimate of drug-likeness (QED) is 0.815. The van der Waals surface area contributed by atoms with Crippen LogP contribution < -0.4 is 15.5 Å². The van der Waals surface area contributed by atoms with Crippen molar-refractivity contribution < 1.29 is 4.39 Å². The fourth-order valence-corrected chi connectivity index (χ4v) is 5.86. The molecule has 0 aliphatic carbocycles. The monoisotopic (exact) mass is 383 g/mol. The summed E-state index contributed by atoms with van der Waals surface area (Å²) in [6.45, 7) is 5.52. The molecule has 0 bridgehead atoms. The number of nitrogens with zero attached hydrogens (tertiary/aromatic N) is 1. The summed E-state index contributed by atoms with van der Waals surface area (Å²) in [6.07, 6.45) is 1.23. The molecule has 142 valence electrons. The summed E-state index contributed by atoms with van der Waals surface area (Å²) >= 11 is 2.04. The first kappa shape index (κ1) is 17.4. The topological polar surface area (TPSA) is 27.3 Å². The minimum atomic E-state index is -0.183. The van der Waals surface area contributed by atoms with Gasteiger partial charge in [0.05, 0.1) is 0 Å². The van der Waals surface area contributed by atoms with Crippen molar-refractivity contribution in [1.29, 1.82) is 0 Å². The summed E-state index contributed by atoms with van der Waals surface area (Å²) in [5.41, 5.74) is 6.79. The number of anilines is 2. The molecule has 2 aromatic rings. The summed E-state index contributed by atoms with van der Waals surface area (Å²) in [4.78, 5) is 2.70. The van der Waals surface area contributed by atoms with E-state index in [0.717, 1.165) is 24.4 Å². The summed E-state index contributed by atoms with van der Waals surface area (Å²) in [6, 6.07) is 12.3. The van der Waals surface area contributed by atoms with Gasteiger partial charge in [-0.3, -0.25) is 0 Å². The molecule has 2 unspecified atom stereocenters. The van der Waals surface area contributed by atoms with Gasteiger partial charge in [0.1, 0.15) is 5.82 Å². The van der Waals surface area contributed by atoms with Gasteiger partial charge in [0, 0.05) is 54.0 Å². The van der Waals surface area contributed by atoms with Crippen LogP contribution >= 0.6 is 11.8 Å². The Bertz CT molecular complexity index is 838. The molecule has 0 aromatic heterocycles. The lowest BCUT2D eigenvalue weighted by atomic mass is 9.89. The Morgan fingerprint density at radius 2 is 2.11 bits per heavy atom. The molecule has 27 heavy (non-hydrogen) atoms. The first-order valence-electron chi connectivity index (χ1n) is 9.94. The van der Waals surface area contributed by atoms with Gasteiger partial charge >= 0.3 is 0 Å². The molecular weight excluding hydrogens is 357 g/mol. The largest absolute Gasteiger partial charge is 0.379 e. The Hall–Kier alpha value is -1.72. The predicted octanol–water partition coefficient (Wildman–Crippen LogP) is 4.51. The van der Waals surface area contributed by atoms with Gasteiger partial charge in [-0.1, -0.05) is 12.1 Å². The fourth-order valence-electron chi connectivity index (χ4n) is 4.95. The van der Waals surface area contributed by atoms with Crippen LogP contribution in [0.1, 0.15) is 42.0 Å². The van der Waals surface area contributed by atoms with Crippen molar-refractivity contribution in [1.82, 2.24) is 5.32 Å². The molecule has 0 radical (unpaired) electrons. The van der Waals surface area contributed by atoms with Gasteiger partial charge in [0.15, 0.2) is 0 Å². The fraction of sp³-hybridized carbons (Fsp3) is 0.455. The average Bonchev–Trinajstić information content (AvgIpc) is 2.84. The molecule has 1 fully saturated rings. The normalized spacial score (nSPS) is 24.7. The zero-order valence-electron chi connectivity index (χ0n) is 15.7. The zero-order chi connectivity index (χ0) is 18.4. The summed E-state index contributed by atoms with van der Waals surface area (Å²) in [5.74, 6) is 2.71. The highest BCUT2D eigenvalue weighted by Gasteiger charge is 2.41. The third-order valence-electron chi connectivity index (χ3n) is 6.24. The number of hydrogen-bond donors (Lipinski definition) is 2. The zero-order valence-corrected chi connectivity index (χ0v) is 16.5. The Morgan fingerprint density at radius 1 is 1.26 bits per heavy atom. The molecule has 3 atom stereocenters. The lowest BCUT2D eigenvalue weighted by Crippen LogP contribution is -2.44. The first-order valence-corrected chi connectivity index (χ1v) is 11.1. The molecule has 3 heterocycles. The summed E-state index contributed by atoms with van der Waals surface area (Å²) in [5, 5.41) is 7.27. The van der Waals surface area contributed by atoms with Crippen LogP contribution in [-0.4, -0.2) is 31.4 Å². The maximum absolute atomic E-state index is 13.2. The molecule has 0 saturated carbocycles. The second kappa shape index (κ2) is 7.02. The van der Waals surface area contributed by atoms with E-state index in [9.17, 15) is 4.39 Å². The number of rotatable bonds is 3. The van der Waals surface area contributed by atoms with Crippen molar-refractivity contribution in [2.75, 3.05) is 35.6 Å². The standard InChI is InChI=1S/C22H26FN3S/c1-14(15-2-4-17(23)5-3-15)25-18-10-16-13-27-9-8-26-21-6-7-24-12-20(21)19(11-18)22(16)26/h2-5,10-11,14,20-21,24-25H,6-9,12-13H2,1H3/t14?,20?,21-/m0/s1. The van der Waals surface area contributed by atoms with Crippen LogP contribution in [0.15, 0.2) is 36.4 Å². The Balaban J connectivity index is 1.49. The van der Waals surface area contributed by atoms with Gasteiger partial charge in [0.2, 0.25) is 0 Å². The third-order valence-corrected chi connectivity index (χ3v) is 7.22. The van der Waals surface area contributed by atoms with Crippen LogP contribution in [0.5, 0.6) is 0 Å². The molecular formula is C22H26FN3S. The van der Waals surface area contributed by atoms with Crippen LogP contribution in [0, 0.1) is 5.82 Å². The van der Waals surface area contributed by atoms with Gasteiger partial charge in [-0.25, -0.2) is 4.39 Å². The van der Waals surface area contributed by atoms with E-state index in [0.29, 0.717) is 12.0 Å². The van der Waals surface area contributed by atoms with Gasteiger partial charge in [-0.05, 0) is 60.8 Å². The van der Waals surface area contributed by atoms with E-state index in [1.54, 1.807) is 0 Å². The lowest BCUT2D eigenvalue weighted by molar-refractivity contribution is 0.406. The second-order valence-corrected chi connectivity index (χ2v) is 9.01. The van der Waals surface area contributed by atoms with Crippen molar-refractivity contribution in [2.24, 2.45) is 0 Å². The molecule has 1 saturated heterocycles. The number of fused-ring (bicyclic) bond motifs is 3. The highest BCUT2D eigenvalue weighted by Crippen LogP contribution is 2.48. The van der Waals surface area contributed by atoms with Crippen molar-refractivity contribution in [3.63, 3.8) is 0 Å². The molecule has 0 amide bonds. The Kier molecular flexibility index (Phi) is 4.52. The predicted molar refractivity (Wildman–Crippen MR) is 112 cm³/mol. The number of piperidine rings is 1. The smallest absolute Gasteiger partial charge is 0.123 e. The van der Waals surface area contributed by atoms with E-state index in [4.69, 9.17) is 0 Å². The Labute approximate surface area is 164 Å². The number of halogens is 1. The maximum Gasteiger partial charge on any atom is 0.123 e. The van der Waals surface area contributed by atoms with Gasteiger partial charge in [0.25, 0.3) is 0 Å². The minimum Gasteiger partial charge on any atom is -0.379 e. The van der Waals surface area contributed by atoms with E-state index in [-0.39, 0.29) is 11.9 Å².